The van der Waals surface area contributed by atoms with E-state index in [9.17, 15) is 4.79 Å². The number of hydrogen-bond donors (Lipinski definition) is 0. The molecule has 0 atom stereocenters. The van der Waals surface area contributed by atoms with Gasteiger partial charge in [-0.1, -0.05) is 32.8 Å². The molecule has 0 unspecified atom stereocenters. The van der Waals surface area contributed by atoms with Crippen molar-refractivity contribution in [2.24, 2.45) is 0 Å². The first kappa shape index (κ1) is 10.4. The number of unbranched alkanes of at least 4 members (excludes halogenated alkanes) is 3. The lowest BCUT2D eigenvalue weighted by Gasteiger charge is -1.93. The second-order valence-corrected chi connectivity index (χ2v) is 2.68. The minimum Gasteiger partial charge on any atom is -0.285 e. The van der Waals surface area contributed by atoms with Crippen LogP contribution in [-0.4, -0.2) is 6.29 Å². The van der Waals surface area contributed by atoms with Gasteiger partial charge in [-0.3, -0.25) is 4.79 Å². The smallest absolute Gasteiger partial charge is 0.228 e. The largest absolute Gasteiger partial charge is 0.285 e. The highest BCUT2D eigenvalue weighted by Gasteiger charge is 1.90. The third-order valence-corrected chi connectivity index (χ3v) is 1.71. The van der Waals surface area contributed by atoms with E-state index in [4.69, 9.17) is 0 Å². The monoisotopic (exact) mass is 153 g/mol. The van der Waals surface area contributed by atoms with Crippen LogP contribution in [0.2, 0.25) is 0 Å². The maximum Gasteiger partial charge on any atom is 0.228 e. The van der Waals surface area contributed by atoms with E-state index in [2.05, 4.69) is 6.92 Å². The SMILES string of the molecule is CCCCCC=C([C]=O)CC. The molecule has 1 radical (unpaired) electrons. The molecule has 1 heteroatoms. The van der Waals surface area contributed by atoms with Crippen molar-refractivity contribution in [2.75, 3.05) is 0 Å². The van der Waals surface area contributed by atoms with E-state index in [0.29, 0.717) is 0 Å². The van der Waals surface area contributed by atoms with Crippen LogP contribution in [0.25, 0.3) is 0 Å². The number of allylic oxidation sites excluding steroid dienone is 2. The molecule has 0 bridgehead atoms. The predicted octanol–water partition coefficient (Wildman–Crippen LogP) is 3.01. The zero-order valence-corrected chi connectivity index (χ0v) is 7.52. The molecule has 0 N–H and O–H groups in total. The summed E-state index contributed by atoms with van der Waals surface area (Å²) in [7, 11) is 0. The Hall–Kier alpha value is -0.590. The van der Waals surface area contributed by atoms with Crippen molar-refractivity contribution in [3.8, 4) is 0 Å². The molecule has 0 saturated carbocycles. The molecular formula is C10H17O. The third-order valence-electron chi connectivity index (χ3n) is 1.71. The summed E-state index contributed by atoms with van der Waals surface area (Å²) in [4.78, 5) is 10.2. The average Bonchev–Trinajstić information content (AvgIpc) is 2.05. The van der Waals surface area contributed by atoms with Gasteiger partial charge >= 0.3 is 0 Å². The highest BCUT2D eigenvalue weighted by atomic mass is 16.1. The molecule has 0 aliphatic carbocycles. The fourth-order valence-corrected chi connectivity index (χ4v) is 0.929. The molecule has 0 aromatic carbocycles. The number of rotatable bonds is 6. The molecule has 0 aliphatic rings. The van der Waals surface area contributed by atoms with Crippen LogP contribution in [0.1, 0.15) is 46.0 Å². The fourth-order valence-electron chi connectivity index (χ4n) is 0.929. The van der Waals surface area contributed by atoms with Gasteiger partial charge in [-0.05, 0) is 24.8 Å². The van der Waals surface area contributed by atoms with Gasteiger partial charge in [-0.15, -0.1) is 0 Å². The predicted molar refractivity (Wildman–Crippen MR) is 48.2 cm³/mol. The summed E-state index contributed by atoms with van der Waals surface area (Å²) in [5, 5.41) is 0. The van der Waals surface area contributed by atoms with Crippen LogP contribution in [0.3, 0.4) is 0 Å². The molecule has 0 heterocycles. The first-order valence-corrected chi connectivity index (χ1v) is 4.42. The van der Waals surface area contributed by atoms with Crippen molar-refractivity contribution in [3.05, 3.63) is 11.6 Å². The van der Waals surface area contributed by atoms with Crippen LogP contribution in [-0.2, 0) is 4.79 Å². The Labute approximate surface area is 69.5 Å². The third kappa shape index (κ3) is 5.84. The Morgan fingerprint density at radius 2 is 2.09 bits per heavy atom. The minimum atomic E-state index is 0.815. The maximum absolute atomic E-state index is 10.2. The number of carbonyl (C=O) groups excluding carboxylic acids is 1. The topological polar surface area (TPSA) is 17.1 Å². The Kier molecular flexibility index (Phi) is 7.11. The maximum atomic E-state index is 10.2. The van der Waals surface area contributed by atoms with E-state index in [-0.39, 0.29) is 0 Å². The van der Waals surface area contributed by atoms with E-state index in [1.54, 1.807) is 0 Å². The van der Waals surface area contributed by atoms with Crippen molar-refractivity contribution in [3.63, 3.8) is 0 Å². The first-order chi connectivity index (χ1) is 5.35. The lowest BCUT2D eigenvalue weighted by Crippen LogP contribution is -1.81. The van der Waals surface area contributed by atoms with Crippen molar-refractivity contribution in [1.82, 2.24) is 0 Å². The molecule has 1 nitrogen and oxygen atoms in total. The molecule has 0 rings (SSSR count). The van der Waals surface area contributed by atoms with Crippen LogP contribution in [0.5, 0.6) is 0 Å². The van der Waals surface area contributed by atoms with Gasteiger partial charge < -0.3 is 0 Å². The molecule has 0 saturated heterocycles. The molecule has 0 aromatic rings. The van der Waals surface area contributed by atoms with Gasteiger partial charge in [0.15, 0.2) is 0 Å². The summed E-state index contributed by atoms with van der Waals surface area (Å²) in [6.45, 7) is 4.16. The van der Waals surface area contributed by atoms with Crippen molar-refractivity contribution < 1.29 is 4.79 Å². The molecule has 0 aromatic heterocycles. The lowest BCUT2D eigenvalue weighted by molar-refractivity contribution is 0.560. The fraction of sp³-hybridized carbons (Fsp3) is 0.700. The van der Waals surface area contributed by atoms with E-state index >= 15 is 0 Å². The summed E-state index contributed by atoms with van der Waals surface area (Å²) >= 11 is 0. The minimum absolute atomic E-state index is 0.815. The van der Waals surface area contributed by atoms with E-state index in [1.165, 1.54) is 19.3 Å². The van der Waals surface area contributed by atoms with Crippen molar-refractivity contribution in [1.29, 1.82) is 0 Å². The highest BCUT2D eigenvalue weighted by Crippen LogP contribution is 2.04. The molecule has 11 heavy (non-hydrogen) atoms. The molecule has 0 fully saturated rings. The lowest BCUT2D eigenvalue weighted by atomic mass is 10.1. The molecule has 63 valence electrons. The summed E-state index contributed by atoms with van der Waals surface area (Å²) in [6.07, 6.45) is 9.48. The van der Waals surface area contributed by atoms with Gasteiger partial charge in [0, 0.05) is 0 Å². The second-order valence-electron chi connectivity index (χ2n) is 2.68. The standard InChI is InChI=1S/C10H17O/c1-3-5-6-7-8-10(4-2)9-11/h8H,3-7H2,1-2H3. The van der Waals surface area contributed by atoms with Crippen molar-refractivity contribution >= 4 is 6.29 Å². The Bertz CT molecular complexity index is 125. The number of hydrogen-bond acceptors (Lipinski definition) is 1. The van der Waals surface area contributed by atoms with Crippen LogP contribution < -0.4 is 0 Å². The van der Waals surface area contributed by atoms with Crippen LogP contribution in [0, 0.1) is 0 Å². The Morgan fingerprint density at radius 1 is 1.36 bits per heavy atom. The first-order valence-electron chi connectivity index (χ1n) is 4.42. The van der Waals surface area contributed by atoms with E-state index in [1.807, 2.05) is 19.3 Å². The quantitative estimate of drug-likeness (QED) is 0.423. The molecule has 0 spiro atoms. The summed E-state index contributed by atoms with van der Waals surface area (Å²) in [5.74, 6) is 0. The van der Waals surface area contributed by atoms with Gasteiger partial charge in [0.25, 0.3) is 0 Å². The average molecular weight is 153 g/mol. The van der Waals surface area contributed by atoms with Crippen molar-refractivity contribution in [2.45, 2.75) is 46.0 Å². The van der Waals surface area contributed by atoms with Gasteiger partial charge in [0.1, 0.15) is 0 Å². The molecule has 0 aliphatic heterocycles. The van der Waals surface area contributed by atoms with Gasteiger partial charge in [-0.25, -0.2) is 0 Å². The molecular weight excluding hydrogens is 136 g/mol. The van der Waals surface area contributed by atoms with E-state index < -0.39 is 0 Å². The highest BCUT2D eigenvalue weighted by molar-refractivity contribution is 5.73. The molecule has 0 amide bonds. The normalized spacial score (nSPS) is 11.6. The van der Waals surface area contributed by atoms with Gasteiger partial charge in [-0.2, -0.15) is 0 Å². The van der Waals surface area contributed by atoms with Crippen LogP contribution >= 0.6 is 0 Å². The summed E-state index contributed by atoms with van der Waals surface area (Å²) in [5.41, 5.74) is 0.820. The Balaban J connectivity index is 3.44. The van der Waals surface area contributed by atoms with Crippen LogP contribution in [0.4, 0.5) is 0 Å². The zero-order valence-electron chi connectivity index (χ0n) is 7.52. The summed E-state index contributed by atoms with van der Waals surface area (Å²) < 4.78 is 0. The van der Waals surface area contributed by atoms with Crippen LogP contribution in [0.15, 0.2) is 11.6 Å². The zero-order chi connectivity index (χ0) is 8.53. The van der Waals surface area contributed by atoms with Gasteiger partial charge in [0.05, 0.1) is 0 Å². The summed E-state index contributed by atoms with van der Waals surface area (Å²) in [6, 6.07) is 0. The second kappa shape index (κ2) is 7.52. The van der Waals surface area contributed by atoms with Gasteiger partial charge in [0.2, 0.25) is 6.29 Å². The Morgan fingerprint density at radius 3 is 2.55 bits per heavy atom. The van der Waals surface area contributed by atoms with E-state index in [0.717, 1.165) is 18.4 Å².